The largest absolute Gasteiger partial charge is 0.492 e. The van der Waals surface area contributed by atoms with Crippen LogP contribution in [0.3, 0.4) is 0 Å². The van der Waals surface area contributed by atoms with Crippen LogP contribution in [0.15, 0.2) is 71.6 Å². The van der Waals surface area contributed by atoms with Crippen LogP contribution in [0.1, 0.15) is 13.3 Å². The van der Waals surface area contributed by atoms with Gasteiger partial charge in [0.25, 0.3) is 5.91 Å². The normalized spacial score (nSPS) is 12.5. The van der Waals surface area contributed by atoms with E-state index in [2.05, 4.69) is 5.32 Å². The van der Waals surface area contributed by atoms with E-state index in [-0.39, 0.29) is 17.4 Å². The first kappa shape index (κ1) is 23.6. The number of nitrogens with one attached hydrogen (secondary N) is 1. The Morgan fingerprint density at radius 2 is 1.62 bits per heavy atom. The molecule has 3 rings (SSSR count). The van der Waals surface area contributed by atoms with E-state index in [1.807, 2.05) is 49.4 Å². The molecule has 8 heteroatoms. The van der Waals surface area contributed by atoms with Crippen molar-refractivity contribution >= 4 is 26.7 Å². The summed E-state index contributed by atoms with van der Waals surface area (Å²) in [6.45, 7) is 2.44. The lowest BCUT2D eigenvalue weighted by Gasteiger charge is -2.18. The molecule has 0 aliphatic heterocycles. The molecular formula is C24H28N2O5S. The third kappa shape index (κ3) is 5.77. The quantitative estimate of drug-likeness (QED) is 0.473. The van der Waals surface area contributed by atoms with Crippen LogP contribution in [0, 0.1) is 0 Å². The van der Waals surface area contributed by atoms with Crippen molar-refractivity contribution in [3.63, 3.8) is 0 Å². The van der Waals surface area contributed by atoms with Crippen molar-refractivity contribution in [1.82, 2.24) is 9.62 Å². The minimum Gasteiger partial charge on any atom is -0.492 e. The number of nitrogens with zero attached hydrogens (tertiary/aromatic N) is 1. The molecule has 0 spiro atoms. The molecule has 3 aromatic carbocycles. The Labute approximate surface area is 189 Å². The van der Waals surface area contributed by atoms with Crippen LogP contribution < -0.4 is 14.8 Å². The van der Waals surface area contributed by atoms with Crippen LogP contribution in [0.25, 0.3) is 10.8 Å². The number of rotatable bonds is 10. The Kier molecular flexibility index (Phi) is 7.71. The average Bonchev–Trinajstić information content (AvgIpc) is 2.80. The summed E-state index contributed by atoms with van der Waals surface area (Å²) in [4.78, 5) is 12.7. The van der Waals surface area contributed by atoms with Gasteiger partial charge in [-0.1, -0.05) is 37.3 Å². The molecule has 170 valence electrons. The fraction of sp³-hybridized carbons (Fsp3) is 0.292. The standard InChI is InChI=1S/C24H28N2O5S/c1-4-23(31-21-10-9-18-7-5-6-8-19(18)17-21)24(27)25-15-16-30-20-11-13-22(14-12-20)32(28,29)26(2)3/h5-14,17,23H,4,15-16H2,1-3H3,(H,25,27)/t23-/m1/s1. The minimum absolute atomic E-state index is 0.194. The zero-order chi connectivity index (χ0) is 23.1. The predicted octanol–water partition coefficient (Wildman–Crippen LogP) is 3.44. The lowest BCUT2D eigenvalue weighted by Crippen LogP contribution is -2.39. The van der Waals surface area contributed by atoms with E-state index in [4.69, 9.17) is 9.47 Å². The second kappa shape index (κ2) is 10.5. The Bertz CT molecular complexity index is 1160. The maximum atomic E-state index is 12.5. The van der Waals surface area contributed by atoms with Crippen molar-refractivity contribution in [3.05, 3.63) is 66.7 Å². The lowest BCUT2D eigenvalue weighted by molar-refractivity contribution is -0.128. The molecule has 1 amide bonds. The highest BCUT2D eigenvalue weighted by atomic mass is 32.2. The topological polar surface area (TPSA) is 84.9 Å². The van der Waals surface area contributed by atoms with Crippen LogP contribution in [0.5, 0.6) is 11.5 Å². The first-order valence-electron chi connectivity index (χ1n) is 10.4. The molecule has 0 unspecified atom stereocenters. The van der Waals surface area contributed by atoms with Crippen molar-refractivity contribution in [2.75, 3.05) is 27.2 Å². The molecule has 32 heavy (non-hydrogen) atoms. The maximum absolute atomic E-state index is 12.5. The zero-order valence-corrected chi connectivity index (χ0v) is 19.3. The number of ether oxygens (including phenoxy) is 2. The molecular weight excluding hydrogens is 428 g/mol. The number of amides is 1. The van der Waals surface area contributed by atoms with Gasteiger partial charge in [-0.2, -0.15) is 0 Å². The molecule has 0 aromatic heterocycles. The monoisotopic (exact) mass is 456 g/mol. The molecule has 0 aliphatic carbocycles. The summed E-state index contributed by atoms with van der Waals surface area (Å²) in [7, 11) is -0.510. The van der Waals surface area contributed by atoms with Crippen molar-refractivity contribution in [2.24, 2.45) is 0 Å². The Balaban J connectivity index is 1.48. The molecule has 7 nitrogen and oxygen atoms in total. The van der Waals surface area contributed by atoms with E-state index < -0.39 is 16.1 Å². The van der Waals surface area contributed by atoms with Crippen LogP contribution in [0.4, 0.5) is 0 Å². The smallest absolute Gasteiger partial charge is 0.261 e. The summed E-state index contributed by atoms with van der Waals surface area (Å²) in [5, 5.41) is 4.99. The Morgan fingerprint density at radius 3 is 2.28 bits per heavy atom. The number of hydrogen-bond donors (Lipinski definition) is 1. The summed E-state index contributed by atoms with van der Waals surface area (Å²) in [6.07, 6.45) is -0.0758. The first-order valence-corrected chi connectivity index (χ1v) is 11.8. The molecule has 1 atom stereocenters. The van der Waals surface area contributed by atoms with Gasteiger partial charge in [0.05, 0.1) is 11.4 Å². The molecule has 0 radical (unpaired) electrons. The molecule has 0 aliphatic rings. The highest BCUT2D eigenvalue weighted by Gasteiger charge is 2.19. The van der Waals surface area contributed by atoms with Gasteiger partial charge in [0.15, 0.2) is 6.10 Å². The van der Waals surface area contributed by atoms with Gasteiger partial charge in [-0.05, 0) is 53.6 Å². The van der Waals surface area contributed by atoms with Crippen molar-refractivity contribution in [3.8, 4) is 11.5 Å². The van der Waals surface area contributed by atoms with E-state index in [1.54, 1.807) is 12.1 Å². The summed E-state index contributed by atoms with van der Waals surface area (Å²) >= 11 is 0. The summed E-state index contributed by atoms with van der Waals surface area (Å²) < 4.78 is 36.8. The molecule has 3 aromatic rings. The van der Waals surface area contributed by atoms with Crippen molar-refractivity contribution < 1.29 is 22.7 Å². The van der Waals surface area contributed by atoms with Gasteiger partial charge in [-0.3, -0.25) is 4.79 Å². The number of sulfonamides is 1. The van der Waals surface area contributed by atoms with E-state index in [1.165, 1.54) is 26.2 Å². The molecule has 0 bridgehead atoms. The fourth-order valence-electron chi connectivity index (χ4n) is 3.10. The van der Waals surface area contributed by atoms with E-state index in [0.717, 1.165) is 15.1 Å². The number of hydrogen-bond acceptors (Lipinski definition) is 5. The molecule has 0 fully saturated rings. The zero-order valence-electron chi connectivity index (χ0n) is 18.4. The Morgan fingerprint density at radius 1 is 0.969 bits per heavy atom. The maximum Gasteiger partial charge on any atom is 0.261 e. The lowest BCUT2D eigenvalue weighted by atomic mass is 10.1. The number of carbonyl (C=O) groups is 1. The van der Waals surface area contributed by atoms with Crippen LogP contribution in [-0.2, 0) is 14.8 Å². The molecule has 0 saturated heterocycles. The van der Waals surface area contributed by atoms with Crippen LogP contribution in [-0.4, -0.2) is 52.0 Å². The highest BCUT2D eigenvalue weighted by molar-refractivity contribution is 7.89. The van der Waals surface area contributed by atoms with Crippen LogP contribution in [0.2, 0.25) is 0 Å². The number of fused-ring (bicyclic) bond motifs is 1. The van der Waals surface area contributed by atoms with Gasteiger partial charge >= 0.3 is 0 Å². The van der Waals surface area contributed by atoms with Gasteiger partial charge in [0.1, 0.15) is 18.1 Å². The van der Waals surface area contributed by atoms with Gasteiger partial charge in [-0.15, -0.1) is 0 Å². The third-order valence-corrected chi connectivity index (χ3v) is 6.76. The molecule has 1 N–H and O–H groups in total. The van der Waals surface area contributed by atoms with Gasteiger partial charge in [0, 0.05) is 14.1 Å². The van der Waals surface area contributed by atoms with E-state index in [0.29, 0.717) is 24.5 Å². The van der Waals surface area contributed by atoms with E-state index in [9.17, 15) is 13.2 Å². The van der Waals surface area contributed by atoms with Gasteiger partial charge < -0.3 is 14.8 Å². The highest BCUT2D eigenvalue weighted by Crippen LogP contribution is 2.22. The van der Waals surface area contributed by atoms with E-state index >= 15 is 0 Å². The summed E-state index contributed by atoms with van der Waals surface area (Å²) in [6, 6.07) is 19.9. The number of carbonyl (C=O) groups excluding carboxylic acids is 1. The average molecular weight is 457 g/mol. The van der Waals surface area contributed by atoms with Crippen molar-refractivity contribution in [2.45, 2.75) is 24.3 Å². The van der Waals surface area contributed by atoms with Crippen LogP contribution >= 0.6 is 0 Å². The Hall–Kier alpha value is -3.10. The second-order valence-corrected chi connectivity index (χ2v) is 9.57. The second-order valence-electron chi connectivity index (χ2n) is 7.42. The summed E-state index contributed by atoms with van der Waals surface area (Å²) in [5.41, 5.74) is 0. The van der Waals surface area contributed by atoms with Crippen molar-refractivity contribution in [1.29, 1.82) is 0 Å². The van der Waals surface area contributed by atoms with Gasteiger partial charge in [-0.25, -0.2) is 12.7 Å². The summed E-state index contributed by atoms with van der Waals surface area (Å²) in [5.74, 6) is 0.961. The molecule has 0 heterocycles. The minimum atomic E-state index is -3.47. The SMILES string of the molecule is CC[C@@H](Oc1ccc2ccccc2c1)C(=O)NCCOc1ccc(S(=O)(=O)N(C)C)cc1. The van der Waals surface area contributed by atoms with Gasteiger partial charge in [0.2, 0.25) is 10.0 Å². The third-order valence-electron chi connectivity index (χ3n) is 4.93. The first-order chi connectivity index (χ1) is 15.3. The molecule has 0 saturated carbocycles. The predicted molar refractivity (Wildman–Crippen MR) is 124 cm³/mol. The fourth-order valence-corrected chi connectivity index (χ4v) is 4.00. The number of benzene rings is 3.